The number of carboxylic acid groups (broad SMARTS) is 1. The van der Waals surface area contributed by atoms with Crippen LogP contribution in [0.1, 0.15) is 0 Å². The van der Waals surface area contributed by atoms with Crippen molar-refractivity contribution in [3.63, 3.8) is 0 Å². The van der Waals surface area contributed by atoms with E-state index in [0.717, 1.165) is 30.4 Å². The van der Waals surface area contributed by atoms with E-state index in [1.54, 1.807) is 6.07 Å². The average Bonchev–Trinajstić information content (AvgIpc) is 2.14. The first-order valence-corrected chi connectivity index (χ1v) is 3.48. The van der Waals surface area contributed by atoms with Gasteiger partial charge in [0, 0.05) is 6.08 Å². The highest BCUT2D eigenvalue weighted by atomic mass is 16.4. The number of hydrogen-bond donors (Lipinski definition) is 2. The molecular weight excluding hydrogens is 186 g/mol. The van der Waals surface area contributed by atoms with E-state index < -0.39 is 17.5 Å². The lowest BCUT2D eigenvalue weighted by Gasteiger charge is -1.86. The number of carbonyl (C=O) groups excluding carboxylic acids is 1. The zero-order valence-electron chi connectivity index (χ0n) is 7.04. The largest absolute Gasteiger partial charge is 0.502 e. The third-order valence-corrected chi connectivity index (χ3v) is 1.06. The number of ketones is 1. The first kappa shape index (κ1) is 11.6. The van der Waals surface area contributed by atoms with Gasteiger partial charge < -0.3 is 10.2 Å². The maximum absolute atomic E-state index is 10.8. The molecule has 0 aromatic heterocycles. The molecule has 0 radical (unpaired) electrons. The SMILES string of the molecule is N#C/C=C/C(=O)/C=C/C=C(\O)C(=O)O. The number of aliphatic hydroxyl groups is 1. The Hall–Kier alpha value is -2.35. The summed E-state index contributed by atoms with van der Waals surface area (Å²) in [6, 6.07) is 1.62. The van der Waals surface area contributed by atoms with Crippen molar-refractivity contribution in [1.29, 1.82) is 5.26 Å². The van der Waals surface area contributed by atoms with Gasteiger partial charge in [0.25, 0.3) is 0 Å². The molecule has 5 nitrogen and oxygen atoms in total. The van der Waals surface area contributed by atoms with E-state index in [1.807, 2.05) is 0 Å². The highest BCUT2D eigenvalue weighted by Gasteiger charge is 1.99. The summed E-state index contributed by atoms with van der Waals surface area (Å²) in [6.07, 6.45) is 4.97. The molecule has 0 saturated carbocycles. The number of hydrogen-bond acceptors (Lipinski definition) is 4. The van der Waals surface area contributed by atoms with Crippen LogP contribution in [0.4, 0.5) is 0 Å². The van der Waals surface area contributed by atoms with Crippen LogP contribution in [0, 0.1) is 11.3 Å². The van der Waals surface area contributed by atoms with Crippen molar-refractivity contribution < 1.29 is 19.8 Å². The Morgan fingerprint density at radius 3 is 2.36 bits per heavy atom. The molecule has 0 aliphatic heterocycles. The summed E-state index contributed by atoms with van der Waals surface area (Å²) in [7, 11) is 0. The zero-order chi connectivity index (χ0) is 11.0. The van der Waals surface area contributed by atoms with Gasteiger partial charge in [0.2, 0.25) is 5.76 Å². The van der Waals surface area contributed by atoms with Crippen LogP contribution < -0.4 is 0 Å². The van der Waals surface area contributed by atoms with Gasteiger partial charge in [0.15, 0.2) is 5.78 Å². The van der Waals surface area contributed by atoms with Crippen molar-refractivity contribution in [3.8, 4) is 6.07 Å². The molecule has 0 unspecified atom stereocenters. The van der Waals surface area contributed by atoms with Crippen molar-refractivity contribution >= 4 is 11.8 Å². The van der Waals surface area contributed by atoms with E-state index in [1.165, 1.54) is 0 Å². The van der Waals surface area contributed by atoms with Gasteiger partial charge in [-0.3, -0.25) is 4.79 Å². The Balaban J connectivity index is 4.28. The summed E-state index contributed by atoms with van der Waals surface area (Å²) in [5, 5.41) is 24.9. The summed E-state index contributed by atoms with van der Waals surface area (Å²) in [6.45, 7) is 0. The molecule has 0 saturated heterocycles. The number of aliphatic carboxylic acids is 1. The summed E-state index contributed by atoms with van der Waals surface area (Å²) < 4.78 is 0. The second kappa shape index (κ2) is 6.20. The van der Waals surface area contributed by atoms with Crippen LogP contribution in [0.15, 0.2) is 36.1 Å². The first-order chi connectivity index (χ1) is 6.57. The number of rotatable bonds is 4. The molecule has 72 valence electrons. The van der Waals surface area contributed by atoms with Crippen LogP contribution in [0.2, 0.25) is 0 Å². The van der Waals surface area contributed by atoms with Crippen LogP contribution in [-0.2, 0) is 9.59 Å². The van der Waals surface area contributed by atoms with Gasteiger partial charge in [0.05, 0.1) is 6.07 Å². The Labute approximate surface area is 79.9 Å². The fraction of sp³-hybridized carbons (Fsp3) is 0. The van der Waals surface area contributed by atoms with Crippen LogP contribution in [0.5, 0.6) is 0 Å². The number of carbonyl (C=O) groups is 2. The predicted octanol–water partition coefficient (Wildman–Crippen LogP) is 0.718. The smallest absolute Gasteiger partial charge is 0.370 e. The van der Waals surface area contributed by atoms with Crippen molar-refractivity contribution in [2.75, 3.05) is 0 Å². The Kier molecular flexibility index (Phi) is 5.16. The Morgan fingerprint density at radius 2 is 1.86 bits per heavy atom. The van der Waals surface area contributed by atoms with Gasteiger partial charge in [-0.15, -0.1) is 0 Å². The van der Waals surface area contributed by atoms with Gasteiger partial charge in [-0.2, -0.15) is 5.26 Å². The van der Waals surface area contributed by atoms with E-state index in [9.17, 15) is 9.59 Å². The minimum atomic E-state index is -1.48. The molecule has 0 aromatic carbocycles. The van der Waals surface area contributed by atoms with Crippen molar-refractivity contribution in [3.05, 3.63) is 36.1 Å². The molecule has 0 aliphatic rings. The molecule has 0 aliphatic carbocycles. The summed E-state index contributed by atoms with van der Waals surface area (Å²) in [4.78, 5) is 20.8. The van der Waals surface area contributed by atoms with E-state index in [0.29, 0.717) is 0 Å². The standard InChI is InChI=1S/C9H7NO4/c10-6-2-4-7(11)3-1-5-8(12)9(13)14/h1-5,12H,(H,13,14)/b3-1+,4-2+,8-5-. The van der Waals surface area contributed by atoms with E-state index in [-0.39, 0.29) is 0 Å². The topological polar surface area (TPSA) is 98.4 Å². The van der Waals surface area contributed by atoms with Gasteiger partial charge in [-0.05, 0) is 18.2 Å². The zero-order valence-corrected chi connectivity index (χ0v) is 7.04. The lowest BCUT2D eigenvalue weighted by atomic mass is 10.3. The quantitative estimate of drug-likeness (QED) is 0.296. The minimum absolute atomic E-state index is 0.471. The van der Waals surface area contributed by atoms with Gasteiger partial charge in [-0.25, -0.2) is 4.79 Å². The molecule has 0 atom stereocenters. The van der Waals surface area contributed by atoms with Crippen LogP contribution in [-0.4, -0.2) is 22.0 Å². The molecule has 5 heteroatoms. The fourth-order valence-electron chi connectivity index (χ4n) is 0.480. The number of carboxylic acids is 1. The lowest BCUT2D eigenvalue weighted by molar-refractivity contribution is -0.135. The average molecular weight is 193 g/mol. The highest BCUT2D eigenvalue weighted by molar-refractivity contribution is 5.99. The molecule has 0 bridgehead atoms. The molecule has 14 heavy (non-hydrogen) atoms. The number of allylic oxidation sites excluding steroid dienone is 5. The van der Waals surface area contributed by atoms with Gasteiger partial charge in [-0.1, -0.05) is 6.08 Å². The van der Waals surface area contributed by atoms with E-state index in [2.05, 4.69) is 0 Å². The molecule has 0 spiro atoms. The van der Waals surface area contributed by atoms with Crippen molar-refractivity contribution in [2.24, 2.45) is 0 Å². The van der Waals surface area contributed by atoms with E-state index >= 15 is 0 Å². The molecule has 0 rings (SSSR count). The number of nitrogens with zero attached hydrogens (tertiary/aromatic N) is 1. The summed E-state index contributed by atoms with van der Waals surface area (Å²) in [5.74, 6) is -2.81. The summed E-state index contributed by atoms with van der Waals surface area (Å²) >= 11 is 0. The second-order valence-electron chi connectivity index (χ2n) is 2.08. The van der Waals surface area contributed by atoms with Gasteiger partial charge >= 0.3 is 5.97 Å². The lowest BCUT2D eigenvalue weighted by Crippen LogP contribution is -1.97. The third-order valence-electron chi connectivity index (χ3n) is 1.06. The molecule has 0 amide bonds. The first-order valence-electron chi connectivity index (χ1n) is 3.48. The number of nitriles is 1. The van der Waals surface area contributed by atoms with Gasteiger partial charge in [0.1, 0.15) is 0 Å². The highest BCUT2D eigenvalue weighted by Crippen LogP contribution is 1.89. The monoisotopic (exact) mass is 193 g/mol. The Bertz CT molecular complexity index is 357. The molecule has 0 fully saturated rings. The maximum atomic E-state index is 10.8. The minimum Gasteiger partial charge on any atom is -0.502 e. The second-order valence-corrected chi connectivity index (χ2v) is 2.08. The van der Waals surface area contributed by atoms with Crippen molar-refractivity contribution in [2.45, 2.75) is 0 Å². The molecule has 0 aromatic rings. The van der Waals surface area contributed by atoms with Crippen molar-refractivity contribution in [1.82, 2.24) is 0 Å². The molecule has 2 N–H and O–H groups in total. The maximum Gasteiger partial charge on any atom is 0.370 e. The number of aliphatic hydroxyl groups excluding tert-OH is 1. The molecule has 0 heterocycles. The van der Waals surface area contributed by atoms with Crippen LogP contribution >= 0.6 is 0 Å². The fourth-order valence-corrected chi connectivity index (χ4v) is 0.480. The normalized spacial score (nSPS) is 11.8. The van der Waals surface area contributed by atoms with E-state index in [4.69, 9.17) is 15.5 Å². The third kappa shape index (κ3) is 5.32. The van der Waals surface area contributed by atoms with Crippen LogP contribution in [0.3, 0.4) is 0 Å². The molecular formula is C9H7NO4. The predicted molar refractivity (Wildman–Crippen MR) is 47.2 cm³/mol. The summed E-state index contributed by atoms with van der Waals surface area (Å²) in [5.41, 5.74) is 0. The van der Waals surface area contributed by atoms with Crippen LogP contribution in [0.25, 0.3) is 0 Å². The Morgan fingerprint density at radius 1 is 1.21 bits per heavy atom.